The maximum atomic E-state index is 12.8. The van der Waals surface area contributed by atoms with E-state index in [1.54, 1.807) is 36.5 Å². The predicted molar refractivity (Wildman–Crippen MR) is 135 cm³/mol. The van der Waals surface area contributed by atoms with Gasteiger partial charge in [0.1, 0.15) is 5.82 Å². The summed E-state index contributed by atoms with van der Waals surface area (Å²) in [7, 11) is -3.91. The van der Waals surface area contributed by atoms with E-state index >= 15 is 0 Å². The molecule has 0 radical (unpaired) electrons. The van der Waals surface area contributed by atoms with Gasteiger partial charge in [-0.2, -0.15) is 0 Å². The van der Waals surface area contributed by atoms with Crippen molar-refractivity contribution in [3.8, 4) is 0 Å². The number of nitrogens with one attached hydrogen (secondary N) is 2. The van der Waals surface area contributed by atoms with Crippen molar-refractivity contribution in [2.24, 2.45) is 5.92 Å². The van der Waals surface area contributed by atoms with Gasteiger partial charge >= 0.3 is 0 Å². The Morgan fingerprint density at radius 1 is 1.09 bits per heavy atom. The predicted octanol–water partition coefficient (Wildman–Crippen LogP) is 4.70. The molecule has 178 valence electrons. The lowest BCUT2D eigenvalue weighted by Crippen LogP contribution is -2.33. The molecule has 9 heteroatoms. The number of amides is 1. The lowest BCUT2D eigenvalue weighted by Gasteiger charge is -2.31. The Hall–Kier alpha value is -3.10. The highest BCUT2D eigenvalue weighted by atomic mass is 35.5. The summed E-state index contributed by atoms with van der Waals surface area (Å²) < 4.78 is 28.0. The van der Waals surface area contributed by atoms with Gasteiger partial charge in [-0.1, -0.05) is 42.8 Å². The molecular weight excluding hydrogens is 472 g/mol. The number of piperidine rings is 1. The van der Waals surface area contributed by atoms with Gasteiger partial charge in [-0.25, -0.2) is 13.4 Å². The van der Waals surface area contributed by atoms with Crippen LogP contribution in [0.2, 0.25) is 5.02 Å². The van der Waals surface area contributed by atoms with Gasteiger partial charge in [0.25, 0.3) is 15.9 Å². The second kappa shape index (κ2) is 10.4. The Kier molecular flexibility index (Phi) is 7.38. The number of halogens is 1. The second-order valence-corrected chi connectivity index (χ2v) is 10.6. The topological polar surface area (TPSA) is 91.4 Å². The van der Waals surface area contributed by atoms with Crippen molar-refractivity contribution in [2.75, 3.05) is 22.7 Å². The Morgan fingerprint density at radius 3 is 2.56 bits per heavy atom. The number of hydrogen-bond acceptors (Lipinski definition) is 5. The Labute approximate surface area is 205 Å². The van der Waals surface area contributed by atoms with Gasteiger partial charge in [-0.3, -0.25) is 9.52 Å². The van der Waals surface area contributed by atoms with Crippen LogP contribution in [0.25, 0.3) is 0 Å². The van der Waals surface area contributed by atoms with Gasteiger partial charge < -0.3 is 10.2 Å². The number of rotatable bonds is 7. The van der Waals surface area contributed by atoms with E-state index in [4.69, 9.17) is 11.6 Å². The van der Waals surface area contributed by atoms with E-state index in [9.17, 15) is 13.2 Å². The van der Waals surface area contributed by atoms with E-state index in [0.29, 0.717) is 0 Å². The van der Waals surface area contributed by atoms with E-state index in [0.717, 1.165) is 30.4 Å². The number of sulfonamides is 1. The fourth-order valence-electron chi connectivity index (χ4n) is 3.78. The van der Waals surface area contributed by atoms with Crippen molar-refractivity contribution in [3.05, 3.63) is 83.0 Å². The molecule has 1 amide bonds. The molecule has 0 spiro atoms. The van der Waals surface area contributed by atoms with Crippen LogP contribution in [0.1, 0.15) is 35.7 Å². The van der Waals surface area contributed by atoms with Crippen LogP contribution in [0.4, 0.5) is 11.5 Å². The molecule has 0 atom stereocenters. The molecule has 1 aliphatic heterocycles. The maximum absolute atomic E-state index is 12.8. The number of anilines is 2. The van der Waals surface area contributed by atoms with Crippen molar-refractivity contribution in [3.63, 3.8) is 0 Å². The van der Waals surface area contributed by atoms with Crippen molar-refractivity contribution in [1.29, 1.82) is 0 Å². The second-order valence-electron chi connectivity index (χ2n) is 8.49. The standard InChI is InChI=1S/C25H27ClN4O3S/c1-18-11-13-30(14-12-18)24-10-9-19(16-27-24)17-28-25(31)20-5-4-6-21(15-20)34(32,33)29-23-8-3-2-7-22(23)26/h2-10,15-16,18,29H,11-14,17H2,1H3,(H,28,31). The average molecular weight is 499 g/mol. The molecule has 0 saturated carbocycles. The van der Waals surface area contributed by atoms with Gasteiger partial charge in [-0.05, 0) is 60.7 Å². The normalized spacial score (nSPS) is 14.6. The van der Waals surface area contributed by atoms with Crippen molar-refractivity contribution >= 4 is 39.0 Å². The van der Waals surface area contributed by atoms with E-state index < -0.39 is 10.0 Å². The molecule has 4 rings (SSSR count). The molecule has 1 saturated heterocycles. The monoisotopic (exact) mass is 498 g/mol. The first kappa shape index (κ1) is 24.0. The summed E-state index contributed by atoms with van der Waals surface area (Å²) in [5.74, 6) is 1.33. The Bertz CT molecular complexity index is 1260. The lowest BCUT2D eigenvalue weighted by molar-refractivity contribution is 0.0950. The van der Waals surface area contributed by atoms with Crippen LogP contribution in [-0.4, -0.2) is 32.4 Å². The lowest BCUT2D eigenvalue weighted by atomic mass is 9.99. The number of para-hydroxylation sites is 1. The average Bonchev–Trinajstić information content (AvgIpc) is 2.85. The zero-order valence-corrected chi connectivity index (χ0v) is 20.4. The van der Waals surface area contributed by atoms with Gasteiger partial charge in [0.2, 0.25) is 0 Å². The molecule has 0 bridgehead atoms. The minimum atomic E-state index is -3.91. The van der Waals surface area contributed by atoms with Gasteiger partial charge in [0.15, 0.2) is 0 Å². The fraction of sp³-hybridized carbons (Fsp3) is 0.280. The smallest absolute Gasteiger partial charge is 0.261 e. The summed E-state index contributed by atoms with van der Waals surface area (Å²) in [6, 6.07) is 16.4. The molecule has 1 fully saturated rings. The highest BCUT2D eigenvalue weighted by Gasteiger charge is 2.18. The summed E-state index contributed by atoms with van der Waals surface area (Å²) in [6.07, 6.45) is 4.10. The van der Waals surface area contributed by atoms with Crippen LogP contribution in [-0.2, 0) is 16.6 Å². The van der Waals surface area contributed by atoms with Crippen LogP contribution in [0.3, 0.4) is 0 Å². The highest BCUT2D eigenvalue weighted by Crippen LogP contribution is 2.24. The molecule has 3 aromatic rings. The largest absolute Gasteiger partial charge is 0.357 e. The first-order valence-corrected chi connectivity index (χ1v) is 13.0. The van der Waals surface area contributed by atoms with Crippen LogP contribution in [0.5, 0.6) is 0 Å². The first-order chi connectivity index (χ1) is 16.3. The summed E-state index contributed by atoms with van der Waals surface area (Å²) in [5, 5.41) is 3.12. The molecule has 2 heterocycles. The number of carbonyl (C=O) groups is 1. The van der Waals surface area contributed by atoms with E-state index in [1.807, 2.05) is 12.1 Å². The zero-order valence-electron chi connectivity index (χ0n) is 18.9. The SMILES string of the molecule is CC1CCN(c2ccc(CNC(=O)c3cccc(S(=O)(=O)Nc4ccccc4Cl)c3)cn2)CC1. The number of benzene rings is 2. The number of aromatic nitrogens is 1. The molecule has 0 unspecified atom stereocenters. The van der Waals surface area contributed by atoms with E-state index in [2.05, 4.69) is 26.8 Å². The van der Waals surface area contributed by atoms with Crippen LogP contribution >= 0.6 is 11.6 Å². The molecule has 0 aliphatic carbocycles. The summed E-state index contributed by atoms with van der Waals surface area (Å²) in [6.45, 7) is 4.58. The van der Waals surface area contributed by atoms with Gasteiger partial charge in [-0.15, -0.1) is 0 Å². The van der Waals surface area contributed by atoms with Crippen LogP contribution < -0.4 is 14.9 Å². The molecule has 34 heavy (non-hydrogen) atoms. The number of nitrogens with zero attached hydrogens (tertiary/aromatic N) is 2. The quantitative estimate of drug-likeness (QED) is 0.492. The number of carbonyl (C=O) groups excluding carboxylic acids is 1. The first-order valence-electron chi connectivity index (χ1n) is 11.2. The molecule has 1 aromatic heterocycles. The highest BCUT2D eigenvalue weighted by molar-refractivity contribution is 7.92. The number of pyridine rings is 1. The van der Waals surface area contributed by atoms with Crippen molar-refractivity contribution in [2.45, 2.75) is 31.2 Å². The third-order valence-corrected chi connectivity index (χ3v) is 7.59. The minimum Gasteiger partial charge on any atom is -0.357 e. The summed E-state index contributed by atoms with van der Waals surface area (Å²) in [5.41, 5.74) is 1.38. The Balaban J connectivity index is 1.38. The Morgan fingerprint density at radius 2 is 1.85 bits per heavy atom. The van der Waals surface area contributed by atoms with Gasteiger partial charge in [0, 0.05) is 31.4 Å². The van der Waals surface area contributed by atoms with E-state index in [-0.39, 0.29) is 33.6 Å². The maximum Gasteiger partial charge on any atom is 0.261 e. The molecule has 2 N–H and O–H groups in total. The summed E-state index contributed by atoms with van der Waals surface area (Å²) >= 11 is 6.06. The fourth-order valence-corrected chi connectivity index (χ4v) is 5.15. The van der Waals surface area contributed by atoms with Crippen molar-refractivity contribution in [1.82, 2.24) is 10.3 Å². The zero-order chi connectivity index (χ0) is 24.1. The van der Waals surface area contributed by atoms with Crippen LogP contribution in [0, 0.1) is 5.92 Å². The number of hydrogen-bond donors (Lipinski definition) is 2. The van der Waals surface area contributed by atoms with Crippen LogP contribution in [0.15, 0.2) is 71.8 Å². The summed E-state index contributed by atoms with van der Waals surface area (Å²) in [4.78, 5) is 19.5. The molecule has 7 nitrogen and oxygen atoms in total. The molecule has 2 aromatic carbocycles. The third-order valence-electron chi connectivity index (χ3n) is 5.89. The van der Waals surface area contributed by atoms with E-state index in [1.165, 1.54) is 31.0 Å². The van der Waals surface area contributed by atoms with Gasteiger partial charge in [0.05, 0.1) is 15.6 Å². The molecular formula is C25H27ClN4O3S. The minimum absolute atomic E-state index is 0.0260. The third kappa shape index (κ3) is 5.87. The van der Waals surface area contributed by atoms with Crippen molar-refractivity contribution < 1.29 is 13.2 Å². The molecule has 1 aliphatic rings.